The molecule has 0 unspecified atom stereocenters. The highest BCUT2D eigenvalue weighted by molar-refractivity contribution is 5.98. The number of hydrogen-bond acceptors (Lipinski definition) is 4. The highest BCUT2D eigenvalue weighted by Crippen LogP contribution is 2.39. The standard InChI is InChI=1S/C23H24F2N4O2/c1-14-7-9-15(10-8-14)18-11-19(21(24)25)29-22(28-18)17(13-27-29)23(30)26-12-16-5-3-4-6-20(16)31-2/h3-10,13,18-19,21,28H,11-12H2,1-2H3,(H,26,30)/t18-,19+/m1/s1. The van der Waals surface area contributed by atoms with Crippen molar-refractivity contribution in [2.75, 3.05) is 12.4 Å². The number of amides is 1. The number of benzene rings is 2. The first kappa shape index (κ1) is 20.8. The van der Waals surface area contributed by atoms with Gasteiger partial charge in [-0.05, 0) is 25.0 Å². The fourth-order valence-corrected chi connectivity index (χ4v) is 3.84. The van der Waals surface area contributed by atoms with Crippen LogP contribution in [0.5, 0.6) is 5.75 Å². The molecule has 0 aliphatic carbocycles. The molecule has 0 spiro atoms. The summed E-state index contributed by atoms with van der Waals surface area (Å²) in [4.78, 5) is 12.9. The molecule has 2 heterocycles. The van der Waals surface area contributed by atoms with Crippen molar-refractivity contribution in [2.24, 2.45) is 0 Å². The lowest BCUT2D eigenvalue weighted by atomic mass is 9.96. The molecule has 0 bridgehead atoms. The third-order valence-corrected chi connectivity index (χ3v) is 5.54. The smallest absolute Gasteiger partial charge is 0.260 e. The molecule has 3 aromatic rings. The normalized spacial score (nSPS) is 17.7. The van der Waals surface area contributed by atoms with Crippen LogP contribution in [-0.4, -0.2) is 29.2 Å². The fraction of sp³-hybridized carbons (Fsp3) is 0.304. The van der Waals surface area contributed by atoms with Gasteiger partial charge in [0.1, 0.15) is 23.2 Å². The van der Waals surface area contributed by atoms with E-state index >= 15 is 0 Å². The number of methoxy groups -OCH3 is 1. The van der Waals surface area contributed by atoms with Gasteiger partial charge in [0, 0.05) is 12.1 Å². The molecule has 0 radical (unpaired) electrons. The van der Waals surface area contributed by atoms with Crippen LogP contribution in [0.25, 0.3) is 0 Å². The molecule has 2 atom stereocenters. The van der Waals surface area contributed by atoms with Crippen molar-refractivity contribution in [1.29, 1.82) is 0 Å². The van der Waals surface area contributed by atoms with Gasteiger partial charge in [-0.3, -0.25) is 4.79 Å². The Balaban J connectivity index is 1.58. The fourth-order valence-electron chi connectivity index (χ4n) is 3.84. The zero-order chi connectivity index (χ0) is 22.0. The Labute approximate surface area is 179 Å². The van der Waals surface area contributed by atoms with Crippen molar-refractivity contribution in [1.82, 2.24) is 15.1 Å². The van der Waals surface area contributed by atoms with Gasteiger partial charge in [-0.2, -0.15) is 5.10 Å². The number of alkyl halides is 2. The number of nitrogens with zero attached hydrogens (tertiary/aromatic N) is 2. The van der Waals surface area contributed by atoms with Crippen LogP contribution in [0.3, 0.4) is 0 Å². The van der Waals surface area contributed by atoms with Crippen molar-refractivity contribution in [3.05, 3.63) is 77.0 Å². The second-order valence-electron chi connectivity index (χ2n) is 7.59. The molecule has 31 heavy (non-hydrogen) atoms. The minimum atomic E-state index is -2.60. The van der Waals surface area contributed by atoms with Gasteiger partial charge in [0.25, 0.3) is 12.3 Å². The highest BCUT2D eigenvalue weighted by atomic mass is 19.3. The third kappa shape index (κ3) is 4.23. The van der Waals surface area contributed by atoms with Crippen molar-refractivity contribution >= 4 is 11.7 Å². The SMILES string of the molecule is COc1ccccc1CNC(=O)c1cnn2c1N[C@@H](c1ccc(C)cc1)C[C@H]2C(F)F. The van der Waals surface area contributed by atoms with Gasteiger partial charge in [-0.15, -0.1) is 0 Å². The van der Waals surface area contributed by atoms with Crippen LogP contribution in [-0.2, 0) is 6.54 Å². The first-order valence-electron chi connectivity index (χ1n) is 10.1. The second-order valence-corrected chi connectivity index (χ2v) is 7.59. The Morgan fingerprint density at radius 3 is 2.71 bits per heavy atom. The molecule has 1 aliphatic rings. The van der Waals surface area contributed by atoms with E-state index in [0.29, 0.717) is 11.6 Å². The maximum Gasteiger partial charge on any atom is 0.260 e. The molecule has 2 N–H and O–H groups in total. The van der Waals surface area contributed by atoms with Crippen LogP contribution < -0.4 is 15.4 Å². The Morgan fingerprint density at radius 2 is 2.00 bits per heavy atom. The Bertz CT molecular complexity index is 1070. The number of anilines is 1. The second kappa shape index (κ2) is 8.75. The summed E-state index contributed by atoms with van der Waals surface area (Å²) < 4.78 is 34.2. The minimum absolute atomic E-state index is 0.178. The first-order chi connectivity index (χ1) is 15.0. The summed E-state index contributed by atoms with van der Waals surface area (Å²) in [6.07, 6.45) is -1.08. The quantitative estimate of drug-likeness (QED) is 0.609. The Kier molecular flexibility index (Phi) is 5.88. The predicted octanol–water partition coefficient (Wildman–Crippen LogP) is 4.49. The lowest BCUT2D eigenvalue weighted by Gasteiger charge is -2.32. The van der Waals surface area contributed by atoms with Crippen LogP contribution in [0.2, 0.25) is 0 Å². The zero-order valence-corrected chi connectivity index (χ0v) is 17.3. The third-order valence-electron chi connectivity index (χ3n) is 5.54. The Hall–Kier alpha value is -3.42. The molecule has 1 amide bonds. The number of ether oxygens (including phenoxy) is 1. The summed E-state index contributed by atoms with van der Waals surface area (Å²) in [6, 6.07) is 13.6. The minimum Gasteiger partial charge on any atom is -0.496 e. The van der Waals surface area contributed by atoms with Crippen molar-refractivity contribution in [2.45, 2.75) is 38.4 Å². The van der Waals surface area contributed by atoms with Gasteiger partial charge in [-0.1, -0.05) is 48.0 Å². The Morgan fingerprint density at radius 1 is 1.26 bits per heavy atom. The highest BCUT2D eigenvalue weighted by Gasteiger charge is 2.36. The van der Waals surface area contributed by atoms with Crippen molar-refractivity contribution in [3.63, 3.8) is 0 Å². The largest absolute Gasteiger partial charge is 0.496 e. The monoisotopic (exact) mass is 426 g/mol. The van der Waals surface area contributed by atoms with E-state index in [0.717, 1.165) is 16.7 Å². The molecule has 162 valence electrons. The topological polar surface area (TPSA) is 68.2 Å². The average Bonchev–Trinajstić information content (AvgIpc) is 3.21. The number of aromatic nitrogens is 2. The maximum atomic E-state index is 13.8. The van der Waals surface area contributed by atoms with Crippen LogP contribution in [0.4, 0.5) is 14.6 Å². The molecule has 1 aromatic heterocycles. The van der Waals surface area contributed by atoms with E-state index < -0.39 is 18.4 Å². The number of fused-ring (bicyclic) bond motifs is 1. The van der Waals surface area contributed by atoms with E-state index in [1.807, 2.05) is 55.5 Å². The van der Waals surface area contributed by atoms with E-state index in [-0.39, 0.29) is 24.6 Å². The number of rotatable bonds is 6. The van der Waals surface area contributed by atoms with E-state index in [4.69, 9.17) is 4.74 Å². The van der Waals surface area contributed by atoms with E-state index in [2.05, 4.69) is 15.7 Å². The summed E-state index contributed by atoms with van der Waals surface area (Å²) in [5, 5.41) is 10.2. The van der Waals surface area contributed by atoms with Crippen molar-refractivity contribution in [3.8, 4) is 5.75 Å². The average molecular weight is 426 g/mol. The molecule has 2 aromatic carbocycles. The maximum absolute atomic E-state index is 13.8. The van der Waals surface area contributed by atoms with Crippen LogP contribution >= 0.6 is 0 Å². The summed E-state index contributed by atoms with van der Waals surface area (Å²) >= 11 is 0. The number of nitrogens with one attached hydrogen (secondary N) is 2. The number of aryl methyl sites for hydroxylation is 1. The lowest BCUT2D eigenvalue weighted by Crippen LogP contribution is -2.32. The molecule has 0 saturated heterocycles. The van der Waals surface area contributed by atoms with Gasteiger partial charge >= 0.3 is 0 Å². The van der Waals surface area contributed by atoms with Crippen LogP contribution in [0, 0.1) is 6.92 Å². The number of carbonyl (C=O) groups excluding carboxylic acids is 1. The first-order valence-corrected chi connectivity index (χ1v) is 10.1. The van der Waals surface area contributed by atoms with Gasteiger partial charge in [0.15, 0.2) is 0 Å². The van der Waals surface area contributed by atoms with Crippen molar-refractivity contribution < 1.29 is 18.3 Å². The van der Waals surface area contributed by atoms with Crippen LogP contribution in [0.1, 0.15) is 45.6 Å². The van der Waals surface area contributed by atoms with E-state index in [1.54, 1.807) is 7.11 Å². The summed E-state index contributed by atoms with van der Waals surface area (Å²) in [6.45, 7) is 2.21. The molecular weight excluding hydrogens is 402 g/mol. The molecule has 0 saturated carbocycles. The number of halogens is 2. The van der Waals surface area contributed by atoms with Gasteiger partial charge in [0.05, 0.1) is 19.3 Å². The van der Waals surface area contributed by atoms with Gasteiger partial charge < -0.3 is 15.4 Å². The number of hydrogen-bond donors (Lipinski definition) is 2. The van der Waals surface area contributed by atoms with E-state index in [9.17, 15) is 13.6 Å². The van der Waals surface area contributed by atoms with E-state index in [1.165, 1.54) is 10.9 Å². The molecule has 4 rings (SSSR count). The van der Waals surface area contributed by atoms with Crippen LogP contribution in [0.15, 0.2) is 54.7 Å². The summed E-state index contributed by atoms with van der Waals surface area (Å²) in [5.41, 5.74) is 3.03. The molecular formula is C23H24F2N4O2. The predicted molar refractivity (Wildman–Crippen MR) is 114 cm³/mol. The molecule has 6 nitrogen and oxygen atoms in total. The molecule has 1 aliphatic heterocycles. The number of carbonyl (C=O) groups is 1. The van der Waals surface area contributed by atoms with Gasteiger partial charge in [-0.25, -0.2) is 13.5 Å². The molecule has 0 fully saturated rings. The number of para-hydroxylation sites is 1. The van der Waals surface area contributed by atoms with Gasteiger partial charge in [0.2, 0.25) is 0 Å². The lowest BCUT2D eigenvalue weighted by molar-refractivity contribution is 0.0656. The summed E-state index contributed by atoms with van der Waals surface area (Å²) in [7, 11) is 1.56. The molecule has 8 heteroatoms. The zero-order valence-electron chi connectivity index (χ0n) is 17.3. The summed E-state index contributed by atoms with van der Waals surface area (Å²) in [5.74, 6) is 0.576.